The van der Waals surface area contributed by atoms with E-state index in [4.69, 9.17) is 23.2 Å². The minimum absolute atomic E-state index is 0.518. The van der Waals surface area contributed by atoms with E-state index in [0.29, 0.717) is 10.6 Å². The van der Waals surface area contributed by atoms with Crippen LogP contribution in [0.15, 0.2) is 34.1 Å². The van der Waals surface area contributed by atoms with Gasteiger partial charge < -0.3 is 0 Å². The summed E-state index contributed by atoms with van der Waals surface area (Å²) in [7, 11) is 0. The molecule has 0 saturated carbocycles. The largest absolute Gasteiger partial charge is 0.416 e. The number of thiophene rings is 1. The lowest BCUT2D eigenvalue weighted by atomic mass is 10.1. The maximum Gasteiger partial charge on any atom is 0.416 e. The van der Waals surface area contributed by atoms with E-state index < -0.39 is 17.1 Å². The van der Waals surface area contributed by atoms with Gasteiger partial charge in [-0.05, 0) is 39.7 Å². The molecule has 1 unspecified atom stereocenters. The summed E-state index contributed by atoms with van der Waals surface area (Å²) in [6.45, 7) is 0. The van der Waals surface area contributed by atoms with E-state index >= 15 is 0 Å². The van der Waals surface area contributed by atoms with Crippen molar-refractivity contribution in [3.63, 3.8) is 0 Å². The van der Waals surface area contributed by atoms with Crippen molar-refractivity contribution < 1.29 is 13.2 Å². The summed E-state index contributed by atoms with van der Waals surface area (Å²) in [5, 5.41) is 0.0219. The Morgan fingerprint density at radius 1 is 1.16 bits per heavy atom. The van der Waals surface area contributed by atoms with Crippen molar-refractivity contribution in [2.24, 2.45) is 0 Å². The zero-order chi connectivity index (χ0) is 14.2. The Morgan fingerprint density at radius 3 is 2.16 bits per heavy atom. The molecule has 0 saturated heterocycles. The van der Waals surface area contributed by atoms with Crippen molar-refractivity contribution in [2.75, 3.05) is 0 Å². The van der Waals surface area contributed by atoms with Crippen LogP contribution in [-0.4, -0.2) is 0 Å². The van der Waals surface area contributed by atoms with Crippen molar-refractivity contribution in [1.82, 2.24) is 0 Å². The number of hydrogen-bond acceptors (Lipinski definition) is 1. The van der Waals surface area contributed by atoms with Crippen LogP contribution in [0.25, 0.3) is 0 Å². The minimum Gasteiger partial charge on any atom is -0.166 e. The molecule has 0 spiro atoms. The zero-order valence-corrected chi connectivity index (χ0v) is 13.1. The molecule has 1 atom stereocenters. The van der Waals surface area contributed by atoms with Gasteiger partial charge in [-0.1, -0.05) is 23.7 Å². The highest BCUT2D eigenvalue weighted by molar-refractivity contribution is 9.11. The summed E-state index contributed by atoms with van der Waals surface area (Å²) < 4.78 is 38.1. The Bertz CT molecular complexity index is 558. The first-order chi connectivity index (χ1) is 8.79. The average molecular weight is 390 g/mol. The van der Waals surface area contributed by atoms with E-state index in [1.165, 1.54) is 23.5 Å². The van der Waals surface area contributed by atoms with Crippen LogP contribution in [0.1, 0.15) is 21.4 Å². The first kappa shape index (κ1) is 15.2. The number of alkyl halides is 4. The van der Waals surface area contributed by atoms with Gasteiger partial charge in [-0.3, -0.25) is 0 Å². The minimum atomic E-state index is -4.34. The van der Waals surface area contributed by atoms with Crippen molar-refractivity contribution in [2.45, 2.75) is 11.6 Å². The first-order valence-corrected chi connectivity index (χ1v) is 7.47. The summed E-state index contributed by atoms with van der Waals surface area (Å²) in [5.74, 6) is 0. The first-order valence-electron chi connectivity index (χ1n) is 5.05. The van der Waals surface area contributed by atoms with Crippen LogP contribution in [0.5, 0.6) is 0 Å². The monoisotopic (exact) mass is 388 g/mol. The molecule has 0 aliphatic rings. The number of hydrogen-bond donors (Lipinski definition) is 0. The van der Waals surface area contributed by atoms with Gasteiger partial charge in [0.05, 0.1) is 19.7 Å². The van der Waals surface area contributed by atoms with Crippen molar-refractivity contribution in [3.8, 4) is 0 Å². The number of rotatable bonds is 2. The molecule has 0 N–H and O–H groups in total. The predicted octanol–water partition coefficient (Wildman–Crippen LogP) is 6.51. The molecular weight excluding hydrogens is 384 g/mol. The molecule has 2 rings (SSSR count). The summed E-state index contributed by atoms with van der Waals surface area (Å²) in [4.78, 5) is 0.776. The van der Waals surface area contributed by atoms with Crippen LogP contribution in [0.4, 0.5) is 13.2 Å². The van der Waals surface area contributed by atoms with Gasteiger partial charge in [0.15, 0.2) is 0 Å². The summed E-state index contributed by atoms with van der Waals surface area (Å²) >= 11 is 16.8. The Morgan fingerprint density at radius 2 is 1.74 bits per heavy atom. The molecule has 0 amide bonds. The molecule has 1 heterocycles. The van der Waals surface area contributed by atoms with Crippen LogP contribution in [0.2, 0.25) is 5.02 Å². The van der Waals surface area contributed by atoms with Crippen LogP contribution in [0, 0.1) is 0 Å². The van der Waals surface area contributed by atoms with Crippen molar-refractivity contribution in [3.05, 3.63) is 55.1 Å². The van der Waals surface area contributed by atoms with E-state index in [1.807, 2.05) is 0 Å². The lowest BCUT2D eigenvalue weighted by Crippen LogP contribution is -2.04. The molecule has 0 aliphatic heterocycles. The predicted molar refractivity (Wildman–Crippen MR) is 76.2 cm³/mol. The summed E-state index contributed by atoms with van der Waals surface area (Å²) in [5.41, 5.74) is -0.0920. The van der Waals surface area contributed by atoms with Gasteiger partial charge in [-0.2, -0.15) is 13.2 Å². The third kappa shape index (κ3) is 3.45. The average Bonchev–Trinajstić information content (AvgIpc) is 2.68. The second-order valence-corrected chi connectivity index (χ2v) is 7.00. The van der Waals surface area contributed by atoms with E-state index in [2.05, 4.69) is 15.9 Å². The number of benzene rings is 1. The molecule has 0 radical (unpaired) electrons. The summed E-state index contributed by atoms with van der Waals surface area (Å²) in [6.07, 6.45) is -4.34. The Labute approximate surface area is 130 Å². The molecular formula is C12H6BrCl2F3S. The van der Waals surface area contributed by atoms with E-state index in [1.54, 1.807) is 6.07 Å². The second kappa shape index (κ2) is 5.64. The van der Waals surface area contributed by atoms with Crippen molar-refractivity contribution >= 4 is 50.5 Å². The SMILES string of the molecule is FC(F)(F)c1ccc(C(Cl)c2cc(Cl)c(Br)s2)cc1. The molecule has 0 aliphatic carbocycles. The molecule has 19 heavy (non-hydrogen) atoms. The smallest absolute Gasteiger partial charge is 0.166 e. The lowest BCUT2D eigenvalue weighted by Gasteiger charge is -2.10. The fourth-order valence-electron chi connectivity index (χ4n) is 1.49. The molecule has 7 heteroatoms. The van der Waals surface area contributed by atoms with Crippen LogP contribution >= 0.6 is 50.5 Å². The maximum absolute atomic E-state index is 12.4. The fourth-order valence-corrected chi connectivity index (χ4v) is 3.59. The third-order valence-corrected chi connectivity index (χ3v) is 5.60. The van der Waals surface area contributed by atoms with Gasteiger partial charge in [-0.15, -0.1) is 22.9 Å². The molecule has 0 fully saturated rings. The molecule has 1 aromatic heterocycles. The van der Waals surface area contributed by atoms with Gasteiger partial charge in [0.2, 0.25) is 0 Å². The highest BCUT2D eigenvalue weighted by atomic mass is 79.9. The quantitative estimate of drug-likeness (QED) is 0.513. The molecule has 0 nitrogen and oxygen atoms in total. The maximum atomic E-state index is 12.4. The molecule has 1 aromatic carbocycles. The standard InChI is InChI=1S/C12H6BrCl2F3S/c13-11-8(14)5-9(19-11)10(15)6-1-3-7(4-2-6)12(16,17)18/h1-5,10H. The number of halogens is 6. The van der Waals surface area contributed by atoms with Crippen molar-refractivity contribution in [1.29, 1.82) is 0 Å². The van der Waals surface area contributed by atoms with Crippen LogP contribution in [0.3, 0.4) is 0 Å². The molecule has 0 bridgehead atoms. The highest BCUT2D eigenvalue weighted by Crippen LogP contribution is 2.40. The van der Waals surface area contributed by atoms with E-state index in [-0.39, 0.29) is 0 Å². The molecule has 2 aromatic rings. The van der Waals surface area contributed by atoms with Crippen LogP contribution < -0.4 is 0 Å². The Balaban J connectivity index is 2.27. The van der Waals surface area contributed by atoms with E-state index in [0.717, 1.165) is 20.8 Å². The fraction of sp³-hybridized carbons (Fsp3) is 0.167. The van der Waals surface area contributed by atoms with Crippen LogP contribution in [-0.2, 0) is 6.18 Å². The van der Waals surface area contributed by atoms with Gasteiger partial charge in [0.1, 0.15) is 0 Å². The van der Waals surface area contributed by atoms with E-state index in [9.17, 15) is 13.2 Å². The zero-order valence-electron chi connectivity index (χ0n) is 9.14. The Hall–Kier alpha value is -0.230. The highest BCUT2D eigenvalue weighted by Gasteiger charge is 2.30. The molecule has 102 valence electrons. The third-order valence-electron chi connectivity index (χ3n) is 2.44. The second-order valence-electron chi connectivity index (χ2n) is 3.75. The topological polar surface area (TPSA) is 0 Å². The summed E-state index contributed by atoms with van der Waals surface area (Å²) in [6, 6.07) is 6.50. The van der Waals surface area contributed by atoms with Gasteiger partial charge >= 0.3 is 6.18 Å². The lowest BCUT2D eigenvalue weighted by molar-refractivity contribution is -0.137. The normalized spacial score (nSPS) is 13.6. The van der Waals surface area contributed by atoms with Gasteiger partial charge in [-0.25, -0.2) is 0 Å². The Kier molecular flexibility index (Phi) is 4.50. The van der Waals surface area contributed by atoms with Gasteiger partial charge in [0.25, 0.3) is 0 Å². The van der Waals surface area contributed by atoms with Gasteiger partial charge in [0, 0.05) is 4.88 Å².